The molecule has 19 heavy (non-hydrogen) atoms. The Balaban J connectivity index is 2.06. The Hall–Kier alpha value is -1.35. The monoisotopic (exact) mass is 262 g/mol. The summed E-state index contributed by atoms with van der Waals surface area (Å²) < 4.78 is 0. The average Bonchev–Trinajstić information content (AvgIpc) is 2.42. The van der Waals surface area contributed by atoms with Crippen molar-refractivity contribution in [1.82, 2.24) is 5.32 Å². The van der Waals surface area contributed by atoms with E-state index < -0.39 is 0 Å². The van der Waals surface area contributed by atoms with Crippen molar-refractivity contribution >= 4 is 5.91 Å². The minimum atomic E-state index is 0.152. The van der Waals surface area contributed by atoms with E-state index in [1.54, 1.807) is 0 Å². The first kappa shape index (κ1) is 15.7. The third kappa shape index (κ3) is 7.62. The molecule has 3 N–H and O–H groups in total. The number of rotatable bonds is 9. The van der Waals surface area contributed by atoms with Crippen molar-refractivity contribution in [3.8, 4) is 0 Å². The molecule has 0 atom stereocenters. The summed E-state index contributed by atoms with van der Waals surface area (Å²) in [7, 11) is 0. The van der Waals surface area contributed by atoms with E-state index in [-0.39, 0.29) is 5.91 Å². The summed E-state index contributed by atoms with van der Waals surface area (Å²) in [4.78, 5) is 11.6. The van der Waals surface area contributed by atoms with Gasteiger partial charge < -0.3 is 11.1 Å². The number of hydrogen-bond acceptors (Lipinski definition) is 2. The molecule has 0 aliphatic carbocycles. The summed E-state index contributed by atoms with van der Waals surface area (Å²) in [6.45, 7) is 3.63. The Bertz CT molecular complexity index is 360. The fourth-order valence-corrected chi connectivity index (χ4v) is 1.95. The van der Waals surface area contributed by atoms with Gasteiger partial charge in [-0.1, -0.05) is 42.7 Å². The van der Waals surface area contributed by atoms with Crippen LogP contribution in [0.5, 0.6) is 0 Å². The molecule has 106 valence electrons. The number of hydrogen-bond donors (Lipinski definition) is 2. The number of benzene rings is 1. The summed E-state index contributed by atoms with van der Waals surface area (Å²) in [5, 5.41) is 2.97. The molecule has 3 heteroatoms. The largest absolute Gasteiger partial charge is 0.356 e. The lowest BCUT2D eigenvalue weighted by atomic mass is 10.1. The molecular formula is C16H26N2O. The summed E-state index contributed by atoms with van der Waals surface area (Å²) in [5.74, 6) is 0.152. The zero-order chi connectivity index (χ0) is 13.9. The van der Waals surface area contributed by atoms with E-state index in [4.69, 9.17) is 5.73 Å². The van der Waals surface area contributed by atoms with Gasteiger partial charge in [0, 0.05) is 13.0 Å². The highest BCUT2D eigenvalue weighted by Crippen LogP contribution is 2.05. The van der Waals surface area contributed by atoms with E-state index >= 15 is 0 Å². The highest BCUT2D eigenvalue weighted by Gasteiger charge is 2.01. The molecular weight excluding hydrogens is 236 g/mol. The lowest BCUT2D eigenvalue weighted by Gasteiger charge is -2.05. The van der Waals surface area contributed by atoms with E-state index in [2.05, 4.69) is 36.5 Å². The van der Waals surface area contributed by atoms with Crippen molar-refractivity contribution in [3.63, 3.8) is 0 Å². The molecule has 0 unspecified atom stereocenters. The normalized spacial score (nSPS) is 10.4. The number of carbonyl (C=O) groups is 1. The molecule has 1 aromatic rings. The van der Waals surface area contributed by atoms with Gasteiger partial charge in [0.15, 0.2) is 0 Å². The van der Waals surface area contributed by atoms with Gasteiger partial charge in [0.2, 0.25) is 5.91 Å². The second-order valence-corrected chi connectivity index (χ2v) is 5.04. The maximum absolute atomic E-state index is 11.6. The smallest absolute Gasteiger partial charge is 0.220 e. The van der Waals surface area contributed by atoms with Crippen molar-refractivity contribution in [3.05, 3.63) is 35.4 Å². The zero-order valence-corrected chi connectivity index (χ0v) is 12.0. The fraction of sp³-hybridized carbons (Fsp3) is 0.562. The first-order valence-corrected chi connectivity index (χ1v) is 7.24. The maximum Gasteiger partial charge on any atom is 0.220 e. The average molecular weight is 262 g/mol. The van der Waals surface area contributed by atoms with Crippen molar-refractivity contribution in [1.29, 1.82) is 0 Å². The second kappa shape index (κ2) is 9.56. The van der Waals surface area contributed by atoms with Crippen LogP contribution >= 0.6 is 0 Å². The van der Waals surface area contributed by atoms with Gasteiger partial charge in [0.05, 0.1) is 0 Å². The van der Waals surface area contributed by atoms with Crippen molar-refractivity contribution in [2.75, 3.05) is 13.1 Å². The zero-order valence-electron chi connectivity index (χ0n) is 12.0. The SMILES string of the molecule is Cc1ccc(CCC(=O)NCCCCCCN)cc1. The first-order valence-electron chi connectivity index (χ1n) is 7.24. The lowest BCUT2D eigenvalue weighted by molar-refractivity contribution is -0.121. The van der Waals surface area contributed by atoms with E-state index in [0.717, 1.165) is 45.2 Å². The number of nitrogens with two attached hydrogens (primary N) is 1. The molecule has 1 rings (SSSR count). The van der Waals surface area contributed by atoms with Gasteiger partial charge in [0.25, 0.3) is 0 Å². The van der Waals surface area contributed by atoms with Crippen LogP contribution in [0.3, 0.4) is 0 Å². The van der Waals surface area contributed by atoms with E-state index in [0.29, 0.717) is 6.42 Å². The standard InChI is InChI=1S/C16H26N2O/c1-14-6-8-15(9-7-14)10-11-16(19)18-13-5-3-2-4-12-17/h6-9H,2-5,10-13,17H2,1H3,(H,18,19). The Morgan fingerprint density at radius 3 is 2.47 bits per heavy atom. The summed E-state index contributed by atoms with van der Waals surface area (Å²) in [5.41, 5.74) is 7.91. The number of carbonyl (C=O) groups excluding carboxylic acids is 1. The van der Waals surface area contributed by atoms with Gasteiger partial charge in [-0.25, -0.2) is 0 Å². The summed E-state index contributed by atoms with van der Waals surface area (Å²) in [6.07, 6.45) is 5.84. The quantitative estimate of drug-likeness (QED) is 0.672. The van der Waals surface area contributed by atoms with E-state index in [9.17, 15) is 4.79 Å². The van der Waals surface area contributed by atoms with Crippen LogP contribution < -0.4 is 11.1 Å². The molecule has 0 radical (unpaired) electrons. The first-order chi connectivity index (χ1) is 9.22. The van der Waals surface area contributed by atoms with Crippen molar-refractivity contribution in [2.24, 2.45) is 5.73 Å². The molecule has 0 saturated carbocycles. The Labute approximate surface area is 116 Å². The molecule has 0 bridgehead atoms. The number of amides is 1. The third-order valence-electron chi connectivity index (χ3n) is 3.21. The van der Waals surface area contributed by atoms with Crippen molar-refractivity contribution in [2.45, 2.75) is 45.4 Å². The van der Waals surface area contributed by atoms with Crippen LogP contribution in [0.1, 0.15) is 43.2 Å². The van der Waals surface area contributed by atoms with Gasteiger partial charge in [0.1, 0.15) is 0 Å². The van der Waals surface area contributed by atoms with Crippen LogP contribution in [0.4, 0.5) is 0 Å². The molecule has 1 aromatic carbocycles. The molecule has 3 nitrogen and oxygen atoms in total. The second-order valence-electron chi connectivity index (χ2n) is 5.04. The van der Waals surface area contributed by atoms with Crippen LogP contribution in [0.25, 0.3) is 0 Å². The minimum absolute atomic E-state index is 0.152. The molecule has 0 aliphatic rings. The predicted molar refractivity (Wildman–Crippen MR) is 80.0 cm³/mol. The summed E-state index contributed by atoms with van der Waals surface area (Å²) >= 11 is 0. The van der Waals surface area contributed by atoms with Gasteiger partial charge in [-0.2, -0.15) is 0 Å². The third-order valence-corrected chi connectivity index (χ3v) is 3.21. The highest BCUT2D eigenvalue weighted by molar-refractivity contribution is 5.76. The molecule has 0 aromatic heterocycles. The predicted octanol–water partition coefficient (Wildman–Crippen LogP) is 2.56. The maximum atomic E-state index is 11.6. The van der Waals surface area contributed by atoms with Crippen LogP contribution in [0.15, 0.2) is 24.3 Å². The Morgan fingerprint density at radius 2 is 1.79 bits per heavy atom. The Kier molecular flexibility index (Phi) is 7.91. The lowest BCUT2D eigenvalue weighted by Crippen LogP contribution is -2.24. The van der Waals surface area contributed by atoms with Gasteiger partial charge in [-0.05, 0) is 38.3 Å². The fourth-order valence-electron chi connectivity index (χ4n) is 1.95. The molecule has 0 spiro atoms. The van der Waals surface area contributed by atoms with Gasteiger partial charge >= 0.3 is 0 Å². The molecule has 1 amide bonds. The summed E-state index contributed by atoms with van der Waals surface area (Å²) in [6, 6.07) is 8.36. The minimum Gasteiger partial charge on any atom is -0.356 e. The van der Waals surface area contributed by atoms with Crippen molar-refractivity contribution < 1.29 is 4.79 Å². The van der Waals surface area contributed by atoms with Gasteiger partial charge in [-0.3, -0.25) is 4.79 Å². The number of unbranched alkanes of at least 4 members (excludes halogenated alkanes) is 3. The highest BCUT2D eigenvalue weighted by atomic mass is 16.1. The van der Waals surface area contributed by atoms with Crippen LogP contribution in [0, 0.1) is 6.92 Å². The molecule has 0 fully saturated rings. The Morgan fingerprint density at radius 1 is 1.11 bits per heavy atom. The van der Waals surface area contributed by atoms with E-state index in [1.807, 2.05) is 0 Å². The number of aryl methyl sites for hydroxylation is 2. The van der Waals surface area contributed by atoms with Crippen LogP contribution in [-0.2, 0) is 11.2 Å². The molecule has 0 saturated heterocycles. The topological polar surface area (TPSA) is 55.1 Å². The molecule has 0 aliphatic heterocycles. The number of nitrogens with one attached hydrogen (secondary N) is 1. The van der Waals surface area contributed by atoms with Gasteiger partial charge in [-0.15, -0.1) is 0 Å². The van der Waals surface area contributed by atoms with Crippen LogP contribution in [-0.4, -0.2) is 19.0 Å². The molecule has 0 heterocycles. The van der Waals surface area contributed by atoms with Crippen LogP contribution in [0.2, 0.25) is 0 Å². The van der Waals surface area contributed by atoms with E-state index in [1.165, 1.54) is 11.1 Å².